The molecule has 2 atom stereocenters. The number of oxime groups is 1. The molecule has 23 heavy (non-hydrogen) atoms. The Bertz CT molecular complexity index is 770. The molecule has 1 aromatic carbocycles. The molecular weight excluding hydrogens is 323 g/mol. The zero-order valence-corrected chi connectivity index (χ0v) is 12.7. The van der Waals surface area contributed by atoms with Crippen LogP contribution in [-0.2, 0) is 4.84 Å². The highest BCUT2D eigenvalue weighted by molar-refractivity contribution is 6.34. The number of amides is 1. The summed E-state index contributed by atoms with van der Waals surface area (Å²) in [6.07, 6.45) is 2.57. The molecule has 1 saturated heterocycles. The number of halogens is 2. The van der Waals surface area contributed by atoms with Crippen LogP contribution in [0, 0.1) is 11.7 Å². The van der Waals surface area contributed by atoms with Gasteiger partial charge >= 0.3 is 0 Å². The van der Waals surface area contributed by atoms with Crippen LogP contribution in [0.3, 0.4) is 0 Å². The number of likely N-dealkylation sites (tertiary alicyclic amines) is 1. The fourth-order valence-corrected chi connectivity index (χ4v) is 3.30. The number of nitrogens with zero attached hydrogens (tertiary/aromatic N) is 2. The van der Waals surface area contributed by atoms with Crippen molar-refractivity contribution in [1.29, 1.82) is 0 Å². The van der Waals surface area contributed by atoms with E-state index in [1.807, 2.05) is 0 Å². The molecule has 1 amide bonds. The van der Waals surface area contributed by atoms with Crippen molar-refractivity contribution in [3.63, 3.8) is 0 Å². The molecule has 5 nitrogen and oxygen atoms in total. The quantitative estimate of drug-likeness (QED) is 0.848. The minimum Gasteiger partial charge on any atom is -0.472 e. The van der Waals surface area contributed by atoms with E-state index in [4.69, 9.17) is 20.9 Å². The summed E-state index contributed by atoms with van der Waals surface area (Å²) in [5, 5.41) is 4.29. The number of hydrogen-bond acceptors (Lipinski definition) is 4. The molecule has 2 aromatic rings. The van der Waals surface area contributed by atoms with Crippen LogP contribution in [0.1, 0.15) is 15.9 Å². The van der Waals surface area contributed by atoms with Gasteiger partial charge in [-0.05, 0) is 18.2 Å². The topological polar surface area (TPSA) is 55.0 Å². The summed E-state index contributed by atoms with van der Waals surface area (Å²) < 4.78 is 19.1. The zero-order valence-electron chi connectivity index (χ0n) is 11.9. The molecule has 0 N–H and O–H groups in total. The first kappa shape index (κ1) is 14.3. The zero-order chi connectivity index (χ0) is 16.0. The maximum Gasteiger partial charge on any atom is 0.257 e. The monoisotopic (exact) mass is 334 g/mol. The molecule has 1 aromatic heterocycles. The summed E-state index contributed by atoms with van der Waals surface area (Å²) in [6, 6.07) is 6.10. The van der Waals surface area contributed by atoms with Gasteiger partial charge in [-0.15, -0.1) is 0 Å². The predicted molar refractivity (Wildman–Crippen MR) is 80.9 cm³/mol. The molecule has 7 heteroatoms. The van der Waals surface area contributed by atoms with Gasteiger partial charge in [0.1, 0.15) is 17.8 Å². The number of furan rings is 1. The minimum absolute atomic E-state index is 0.143. The lowest BCUT2D eigenvalue weighted by Gasteiger charge is -2.16. The Morgan fingerprint density at radius 1 is 1.35 bits per heavy atom. The third-order valence-electron chi connectivity index (χ3n) is 4.18. The van der Waals surface area contributed by atoms with Gasteiger partial charge in [0.25, 0.3) is 5.91 Å². The van der Waals surface area contributed by atoms with Gasteiger partial charge in [-0.1, -0.05) is 22.8 Å². The van der Waals surface area contributed by atoms with Gasteiger partial charge in [0, 0.05) is 6.54 Å². The predicted octanol–water partition coefficient (Wildman–Crippen LogP) is 2.95. The van der Waals surface area contributed by atoms with E-state index in [1.165, 1.54) is 18.6 Å². The second-order valence-electron chi connectivity index (χ2n) is 5.55. The second-order valence-corrected chi connectivity index (χ2v) is 5.95. The van der Waals surface area contributed by atoms with Crippen molar-refractivity contribution in [3.8, 4) is 0 Å². The number of carbonyl (C=O) groups excluding carboxylic acids is 1. The van der Waals surface area contributed by atoms with Crippen LogP contribution >= 0.6 is 11.6 Å². The molecule has 4 rings (SSSR count). The van der Waals surface area contributed by atoms with Crippen molar-refractivity contribution < 1.29 is 18.4 Å². The largest absolute Gasteiger partial charge is 0.472 e. The van der Waals surface area contributed by atoms with E-state index >= 15 is 0 Å². The Kier molecular flexibility index (Phi) is 3.34. The molecule has 0 aliphatic carbocycles. The fourth-order valence-electron chi connectivity index (χ4n) is 3.04. The van der Waals surface area contributed by atoms with Crippen molar-refractivity contribution >= 4 is 23.2 Å². The van der Waals surface area contributed by atoms with Gasteiger partial charge < -0.3 is 14.2 Å². The number of benzene rings is 1. The van der Waals surface area contributed by atoms with E-state index in [9.17, 15) is 9.18 Å². The molecular formula is C16H12ClFN2O3. The average molecular weight is 335 g/mol. The number of fused-ring (bicyclic) bond motifs is 1. The third-order valence-corrected chi connectivity index (χ3v) is 4.49. The van der Waals surface area contributed by atoms with E-state index in [0.717, 1.165) is 0 Å². The molecule has 0 bridgehead atoms. The molecule has 0 saturated carbocycles. The van der Waals surface area contributed by atoms with Gasteiger partial charge in [-0.3, -0.25) is 4.79 Å². The molecule has 1 fully saturated rings. The van der Waals surface area contributed by atoms with Crippen molar-refractivity contribution in [3.05, 3.63) is 58.8 Å². The summed E-state index contributed by atoms with van der Waals surface area (Å²) >= 11 is 6.11. The first-order valence-corrected chi connectivity index (χ1v) is 7.52. The molecule has 2 unspecified atom stereocenters. The average Bonchev–Trinajstić information content (AvgIpc) is 3.24. The summed E-state index contributed by atoms with van der Waals surface area (Å²) in [7, 11) is 0. The van der Waals surface area contributed by atoms with E-state index in [1.54, 1.807) is 23.1 Å². The van der Waals surface area contributed by atoms with Crippen LogP contribution in [0.15, 0.2) is 46.4 Å². The van der Waals surface area contributed by atoms with E-state index in [0.29, 0.717) is 24.4 Å². The van der Waals surface area contributed by atoms with Gasteiger partial charge in [0.2, 0.25) is 0 Å². The Hall–Kier alpha value is -2.34. The van der Waals surface area contributed by atoms with Crippen LogP contribution in [-0.4, -0.2) is 35.7 Å². The number of rotatable bonds is 2. The summed E-state index contributed by atoms with van der Waals surface area (Å²) in [5.41, 5.74) is 1.19. The molecule has 0 spiro atoms. The van der Waals surface area contributed by atoms with Crippen molar-refractivity contribution in [2.75, 3.05) is 13.1 Å². The van der Waals surface area contributed by atoms with E-state index in [2.05, 4.69) is 5.16 Å². The molecule has 0 radical (unpaired) electrons. The van der Waals surface area contributed by atoms with Crippen molar-refractivity contribution in [1.82, 2.24) is 4.90 Å². The van der Waals surface area contributed by atoms with Gasteiger partial charge in [0.15, 0.2) is 6.10 Å². The van der Waals surface area contributed by atoms with E-state index in [-0.39, 0.29) is 28.5 Å². The third kappa shape index (κ3) is 2.30. The van der Waals surface area contributed by atoms with Crippen LogP contribution in [0.5, 0.6) is 0 Å². The molecule has 118 valence electrons. The smallest absolute Gasteiger partial charge is 0.257 e. The summed E-state index contributed by atoms with van der Waals surface area (Å²) in [6.45, 7) is 0.798. The minimum atomic E-state index is -0.444. The van der Waals surface area contributed by atoms with E-state index < -0.39 is 5.82 Å². The standard InChI is InChI=1S/C16H12ClFN2O3/c17-11-2-1-3-12(18)14(11)15-10-6-20(7-13(10)23-19-15)16(21)9-4-5-22-8-9/h1-5,8,10,13H,6-7H2. The molecule has 2 aliphatic heterocycles. The van der Waals surface area contributed by atoms with Crippen LogP contribution in [0.25, 0.3) is 0 Å². The summed E-state index contributed by atoms with van der Waals surface area (Å²) in [4.78, 5) is 19.4. The maximum atomic E-state index is 14.1. The SMILES string of the molecule is O=C(c1ccoc1)N1CC2ON=C(c3c(F)cccc3Cl)C2C1. The lowest BCUT2D eigenvalue weighted by atomic mass is 9.94. The van der Waals surface area contributed by atoms with Gasteiger partial charge in [0.05, 0.1) is 34.9 Å². The first-order chi connectivity index (χ1) is 11.1. The van der Waals surface area contributed by atoms with Crippen LogP contribution in [0.4, 0.5) is 4.39 Å². The maximum absolute atomic E-state index is 14.1. The summed E-state index contributed by atoms with van der Waals surface area (Å²) in [5.74, 6) is -0.781. The Labute approximate surface area is 136 Å². The number of hydrogen-bond donors (Lipinski definition) is 0. The van der Waals surface area contributed by atoms with Crippen LogP contribution in [0.2, 0.25) is 5.02 Å². The van der Waals surface area contributed by atoms with Crippen molar-refractivity contribution in [2.24, 2.45) is 11.1 Å². The van der Waals surface area contributed by atoms with Crippen molar-refractivity contribution in [2.45, 2.75) is 6.10 Å². The Balaban J connectivity index is 1.60. The highest BCUT2D eigenvalue weighted by Crippen LogP contribution is 2.34. The van der Waals surface area contributed by atoms with Crippen LogP contribution < -0.4 is 0 Å². The number of carbonyl (C=O) groups is 1. The molecule has 3 heterocycles. The molecule has 2 aliphatic rings. The fraction of sp³-hybridized carbons (Fsp3) is 0.250. The highest BCUT2D eigenvalue weighted by atomic mass is 35.5. The van der Waals surface area contributed by atoms with Gasteiger partial charge in [-0.2, -0.15) is 0 Å². The lowest BCUT2D eigenvalue weighted by molar-refractivity contribution is 0.0631. The normalized spacial score (nSPS) is 22.7. The first-order valence-electron chi connectivity index (χ1n) is 7.14. The second kappa shape index (κ2) is 5.38. The highest BCUT2D eigenvalue weighted by Gasteiger charge is 2.45. The van der Waals surface area contributed by atoms with Gasteiger partial charge in [-0.25, -0.2) is 4.39 Å². The lowest BCUT2D eigenvalue weighted by Crippen LogP contribution is -2.30. The Morgan fingerprint density at radius 3 is 2.96 bits per heavy atom. The Morgan fingerprint density at radius 2 is 2.22 bits per heavy atom.